The van der Waals surface area contributed by atoms with Crippen LogP contribution in [0.5, 0.6) is 0 Å². The number of amides is 1. The fraction of sp³-hybridized carbons (Fsp3) is 0.500. The Hall–Kier alpha value is -1.75. The topological polar surface area (TPSA) is 75.6 Å². The van der Waals surface area contributed by atoms with E-state index in [0.717, 1.165) is 31.7 Å². The first kappa shape index (κ1) is 13.7. The second-order valence-corrected chi connectivity index (χ2v) is 5.10. The Morgan fingerprint density at radius 2 is 2.16 bits per heavy atom. The Kier molecular flexibility index (Phi) is 3.95. The van der Waals surface area contributed by atoms with Gasteiger partial charge in [-0.05, 0) is 25.6 Å². The molecule has 1 unspecified atom stereocenters. The zero-order valence-corrected chi connectivity index (χ0v) is 11.6. The predicted octanol–water partition coefficient (Wildman–Crippen LogP) is 0.898. The fourth-order valence-corrected chi connectivity index (χ4v) is 2.70. The van der Waals surface area contributed by atoms with Crippen molar-refractivity contribution in [2.45, 2.75) is 19.4 Å². The Labute approximate surface area is 114 Å². The quantitative estimate of drug-likeness (QED) is 0.794. The van der Waals surface area contributed by atoms with E-state index < -0.39 is 5.91 Å². The van der Waals surface area contributed by atoms with Crippen molar-refractivity contribution in [3.63, 3.8) is 0 Å². The molecular weight excluding hydrogens is 240 g/mol. The number of likely N-dealkylation sites (N-methyl/N-ethyl adjacent to an activating group) is 1. The smallest absolute Gasteiger partial charge is 0.250 e. The predicted molar refractivity (Wildman–Crippen MR) is 78.3 cm³/mol. The number of para-hydroxylation sites is 1. The van der Waals surface area contributed by atoms with Crippen LogP contribution < -0.4 is 16.4 Å². The molecule has 0 bridgehead atoms. The molecule has 2 rings (SSSR count). The van der Waals surface area contributed by atoms with Crippen molar-refractivity contribution in [3.05, 3.63) is 23.8 Å². The van der Waals surface area contributed by atoms with E-state index >= 15 is 0 Å². The van der Waals surface area contributed by atoms with E-state index in [2.05, 4.69) is 23.8 Å². The molecule has 5 heteroatoms. The standard InChI is InChI=1S/C14H22N4O/c1-3-10-9-18(8-7-17(10)2)13-11(14(16)19)5-4-6-12(13)15/h4-6,10H,3,7-9,15H2,1-2H3,(H2,16,19). The van der Waals surface area contributed by atoms with Gasteiger partial charge < -0.3 is 16.4 Å². The summed E-state index contributed by atoms with van der Waals surface area (Å²) in [5.74, 6) is -0.422. The van der Waals surface area contributed by atoms with Gasteiger partial charge in [-0.15, -0.1) is 0 Å². The van der Waals surface area contributed by atoms with Gasteiger partial charge in [0.1, 0.15) is 0 Å². The van der Waals surface area contributed by atoms with Gasteiger partial charge in [0, 0.05) is 25.7 Å². The molecule has 1 amide bonds. The van der Waals surface area contributed by atoms with Gasteiger partial charge in [0.2, 0.25) is 0 Å². The molecule has 19 heavy (non-hydrogen) atoms. The third kappa shape index (κ3) is 2.66. The molecule has 0 saturated carbocycles. The highest BCUT2D eigenvalue weighted by atomic mass is 16.1. The van der Waals surface area contributed by atoms with Crippen LogP contribution in [0.1, 0.15) is 23.7 Å². The van der Waals surface area contributed by atoms with Gasteiger partial charge in [-0.2, -0.15) is 0 Å². The van der Waals surface area contributed by atoms with Crippen LogP contribution in [0.4, 0.5) is 11.4 Å². The van der Waals surface area contributed by atoms with Gasteiger partial charge >= 0.3 is 0 Å². The van der Waals surface area contributed by atoms with Crippen molar-refractivity contribution in [1.82, 2.24) is 4.90 Å². The molecule has 1 aromatic rings. The van der Waals surface area contributed by atoms with Gasteiger partial charge in [-0.25, -0.2) is 0 Å². The van der Waals surface area contributed by atoms with Crippen LogP contribution in [0.15, 0.2) is 18.2 Å². The lowest BCUT2D eigenvalue weighted by atomic mass is 10.1. The Morgan fingerprint density at radius 1 is 1.42 bits per heavy atom. The molecule has 1 saturated heterocycles. The number of anilines is 2. The maximum Gasteiger partial charge on any atom is 0.250 e. The largest absolute Gasteiger partial charge is 0.397 e. The van der Waals surface area contributed by atoms with Gasteiger partial charge in [0.15, 0.2) is 0 Å². The van der Waals surface area contributed by atoms with E-state index in [4.69, 9.17) is 11.5 Å². The minimum absolute atomic E-state index is 0.422. The van der Waals surface area contributed by atoms with E-state index in [0.29, 0.717) is 17.3 Å². The van der Waals surface area contributed by atoms with Crippen LogP contribution in [0.2, 0.25) is 0 Å². The number of carbonyl (C=O) groups excluding carboxylic acids is 1. The number of carbonyl (C=O) groups is 1. The molecule has 1 fully saturated rings. The van der Waals surface area contributed by atoms with Crippen molar-refractivity contribution < 1.29 is 4.79 Å². The summed E-state index contributed by atoms with van der Waals surface area (Å²) in [4.78, 5) is 16.1. The van der Waals surface area contributed by atoms with Crippen LogP contribution in [0.3, 0.4) is 0 Å². The number of piperazine rings is 1. The van der Waals surface area contributed by atoms with Gasteiger partial charge in [0.05, 0.1) is 16.9 Å². The van der Waals surface area contributed by atoms with E-state index in [9.17, 15) is 4.79 Å². The SMILES string of the molecule is CCC1CN(c2c(N)cccc2C(N)=O)CCN1C. The molecular formula is C14H22N4O. The van der Waals surface area contributed by atoms with Crippen molar-refractivity contribution in [2.75, 3.05) is 37.3 Å². The van der Waals surface area contributed by atoms with E-state index in [-0.39, 0.29) is 0 Å². The summed E-state index contributed by atoms with van der Waals surface area (Å²) in [6.07, 6.45) is 1.08. The number of hydrogen-bond acceptors (Lipinski definition) is 4. The number of hydrogen-bond donors (Lipinski definition) is 2. The molecule has 1 aromatic carbocycles. The highest BCUT2D eigenvalue weighted by molar-refractivity contribution is 6.01. The molecule has 1 heterocycles. The molecule has 104 valence electrons. The van der Waals surface area contributed by atoms with Crippen LogP contribution in [0.25, 0.3) is 0 Å². The summed E-state index contributed by atoms with van der Waals surface area (Å²) >= 11 is 0. The number of nitrogens with zero attached hydrogens (tertiary/aromatic N) is 2. The molecule has 1 aliphatic rings. The van der Waals surface area contributed by atoms with E-state index in [1.807, 2.05) is 6.07 Å². The third-order valence-corrected chi connectivity index (χ3v) is 3.90. The highest BCUT2D eigenvalue weighted by Crippen LogP contribution is 2.29. The number of nitrogen functional groups attached to an aromatic ring is 1. The summed E-state index contributed by atoms with van der Waals surface area (Å²) in [5.41, 5.74) is 13.4. The third-order valence-electron chi connectivity index (χ3n) is 3.90. The van der Waals surface area contributed by atoms with E-state index in [1.54, 1.807) is 12.1 Å². The lowest BCUT2D eigenvalue weighted by Gasteiger charge is -2.41. The zero-order valence-electron chi connectivity index (χ0n) is 11.6. The summed E-state index contributed by atoms with van der Waals surface area (Å²) in [6, 6.07) is 5.81. The second-order valence-electron chi connectivity index (χ2n) is 5.10. The number of nitrogens with two attached hydrogens (primary N) is 2. The minimum Gasteiger partial charge on any atom is -0.397 e. The van der Waals surface area contributed by atoms with Crippen molar-refractivity contribution >= 4 is 17.3 Å². The van der Waals surface area contributed by atoms with Crippen LogP contribution >= 0.6 is 0 Å². The molecule has 1 atom stereocenters. The molecule has 4 N–H and O–H groups in total. The van der Waals surface area contributed by atoms with Crippen molar-refractivity contribution in [2.24, 2.45) is 5.73 Å². The average Bonchev–Trinajstić information content (AvgIpc) is 2.39. The van der Waals surface area contributed by atoms with Crippen LogP contribution in [-0.4, -0.2) is 43.5 Å². The second kappa shape index (κ2) is 5.48. The zero-order chi connectivity index (χ0) is 14.0. The molecule has 0 radical (unpaired) electrons. The molecule has 0 aliphatic carbocycles. The highest BCUT2D eigenvalue weighted by Gasteiger charge is 2.26. The normalized spacial score (nSPS) is 20.5. The maximum absolute atomic E-state index is 11.6. The van der Waals surface area contributed by atoms with Crippen LogP contribution in [0, 0.1) is 0 Å². The molecule has 5 nitrogen and oxygen atoms in total. The Bertz CT molecular complexity index is 475. The lowest BCUT2D eigenvalue weighted by molar-refractivity contribution is 0.100. The van der Waals surface area contributed by atoms with E-state index in [1.165, 1.54) is 0 Å². The number of benzene rings is 1. The molecule has 0 aromatic heterocycles. The number of primary amides is 1. The summed E-state index contributed by atoms with van der Waals surface area (Å²) < 4.78 is 0. The summed E-state index contributed by atoms with van der Waals surface area (Å²) in [7, 11) is 2.13. The molecule has 1 aliphatic heterocycles. The van der Waals surface area contributed by atoms with Gasteiger partial charge in [0.25, 0.3) is 5.91 Å². The number of rotatable bonds is 3. The average molecular weight is 262 g/mol. The van der Waals surface area contributed by atoms with Gasteiger partial charge in [-0.3, -0.25) is 9.69 Å². The first-order chi connectivity index (χ1) is 9.04. The lowest BCUT2D eigenvalue weighted by Crippen LogP contribution is -2.51. The summed E-state index contributed by atoms with van der Waals surface area (Å²) in [5, 5.41) is 0. The maximum atomic E-state index is 11.6. The summed E-state index contributed by atoms with van der Waals surface area (Å²) in [6.45, 7) is 4.88. The Balaban J connectivity index is 2.34. The molecule has 0 spiro atoms. The minimum atomic E-state index is -0.422. The first-order valence-corrected chi connectivity index (χ1v) is 6.68. The monoisotopic (exact) mass is 262 g/mol. The van der Waals surface area contributed by atoms with Crippen molar-refractivity contribution in [3.8, 4) is 0 Å². The Morgan fingerprint density at radius 3 is 2.79 bits per heavy atom. The van der Waals surface area contributed by atoms with Crippen molar-refractivity contribution in [1.29, 1.82) is 0 Å². The van der Waals surface area contributed by atoms with Crippen LogP contribution in [-0.2, 0) is 0 Å². The fourth-order valence-electron chi connectivity index (χ4n) is 2.70. The first-order valence-electron chi connectivity index (χ1n) is 6.68. The van der Waals surface area contributed by atoms with Gasteiger partial charge in [-0.1, -0.05) is 13.0 Å².